The molecule has 0 atom stereocenters. The first kappa shape index (κ1) is 10.7. The third-order valence-corrected chi connectivity index (χ3v) is 2.41. The van der Waals surface area contributed by atoms with E-state index in [4.69, 9.17) is 11.6 Å². The van der Waals surface area contributed by atoms with Crippen LogP contribution in [0.25, 0.3) is 11.3 Å². The number of rotatable bonds is 2. The number of aromatic amines is 1. The zero-order chi connectivity index (χ0) is 11.5. The van der Waals surface area contributed by atoms with E-state index < -0.39 is 0 Å². The zero-order valence-electron chi connectivity index (χ0n) is 8.62. The Morgan fingerprint density at radius 2 is 2.06 bits per heavy atom. The number of H-pyrrole nitrogens is 1. The smallest absolute Gasteiger partial charge is 0.251 e. The Bertz CT molecular complexity index is 504. The van der Waals surface area contributed by atoms with Crippen LogP contribution >= 0.6 is 11.6 Å². The lowest BCUT2D eigenvalue weighted by Gasteiger charge is -2.00. The number of carbonyl (C=O) groups excluding carboxylic acids is 1. The molecule has 0 spiro atoms. The molecule has 1 aromatic heterocycles. The highest BCUT2D eigenvalue weighted by Gasteiger charge is 2.05. The fraction of sp³-hybridized carbons (Fsp3) is 0.0909. The van der Waals surface area contributed by atoms with Gasteiger partial charge in [0, 0.05) is 24.2 Å². The summed E-state index contributed by atoms with van der Waals surface area (Å²) in [5.41, 5.74) is 2.29. The lowest BCUT2D eigenvalue weighted by atomic mass is 10.1. The molecule has 1 aromatic carbocycles. The van der Waals surface area contributed by atoms with Crippen molar-refractivity contribution in [2.75, 3.05) is 7.05 Å². The summed E-state index contributed by atoms with van der Waals surface area (Å²) in [6, 6.07) is 8.89. The Balaban J connectivity index is 2.29. The van der Waals surface area contributed by atoms with Crippen LogP contribution in [0.3, 0.4) is 0 Å². The number of nitrogens with one attached hydrogen (secondary N) is 2. The summed E-state index contributed by atoms with van der Waals surface area (Å²) in [7, 11) is 1.60. The predicted octanol–water partition coefficient (Wildman–Crippen LogP) is 2.09. The molecule has 0 saturated carbocycles. The highest BCUT2D eigenvalue weighted by Crippen LogP contribution is 2.19. The maximum absolute atomic E-state index is 11.3. The summed E-state index contributed by atoms with van der Waals surface area (Å²) in [5.74, 6) is -0.105. The van der Waals surface area contributed by atoms with E-state index in [1.54, 1.807) is 25.2 Å². The average Bonchev–Trinajstić information content (AvgIpc) is 2.75. The Morgan fingerprint density at radius 1 is 1.38 bits per heavy atom. The summed E-state index contributed by atoms with van der Waals surface area (Å²) in [5, 5.41) is 9.73. The number of nitrogens with zero attached hydrogens (tertiary/aromatic N) is 1. The maximum atomic E-state index is 11.3. The quantitative estimate of drug-likeness (QED) is 0.838. The molecule has 0 radical (unpaired) electrons. The molecule has 0 aliphatic rings. The van der Waals surface area contributed by atoms with Gasteiger partial charge in [-0.2, -0.15) is 5.10 Å². The number of carbonyl (C=O) groups is 1. The van der Waals surface area contributed by atoms with Gasteiger partial charge in [0.05, 0.1) is 5.69 Å². The van der Waals surface area contributed by atoms with Crippen LogP contribution in [0.2, 0.25) is 5.15 Å². The van der Waals surface area contributed by atoms with Gasteiger partial charge < -0.3 is 5.32 Å². The van der Waals surface area contributed by atoms with Gasteiger partial charge in [-0.05, 0) is 12.1 Å². The maximum Gasteiger partial charge on any atom is 0.251 e. The van der Waals surface area contributed by atoms with Gasteiger partial charge in [0.2, 0.25) is 0 Å². The minimum atomic E-state index is -0.105. The molecule has 0 aliphatic carbocycles. The van der Waals surface area contributed by atoms with Gasteiger partial charge in [-0.1, -0.05) is 23.7 Å². The third kappa shape index (κ3) is 2.06. The molecular formula is C11H10ClN3O. The van der Waals surface area contributed by atoms with E-state index in [1.807, 2.05) is 12.1 Å². The van der Waals surface area contributed by atoms with Gasteiger partial charge >= 0.3 is 0 Å². The molecular weight excluding hydrogens is 226 g/mol. The van der Waals surface area contributed by atoms with Crippen LogP contribution in [-0.2, 0) is 0 Å². The Labute approximate surface area is 97.6 Å². The standard InChI is InChI=1S/C11H10ClN3O/c1-13-11(16)8-4-2-7(3-5-8)9-6-10(12)15-14-9/h2-6H,1H3,(H,13,16)(H,14,15). The third-order valence-electron chi connectivity index (χ3n) is 2.22. The summed E-state index contributed by atoms with van der Waals surface area (Å²) >= 11 is 5.73. The number of hydrogen-bond donors (Lipinski definition) is 2. The number of aromatic nitrogens is 2. The van der Waals surface area contributed by atoms with Crippen molar-refractivity contribution in [2.24, 2.45) is 0 Å². The lowest BCUT2D eigenvalue weighted by Crippen LogP contribution is -2.17. The molecule has 0 saturated heterocycles. The first-order chi connectivity index (χ1) is 7.70. The molecule has 0 bridgehead atoms. The summed E-state index contributed by atoms with van der Waals surface area (Å²) < 4.78 is 0. The molecule has 5 heteroatoms. The molecule has 0 unspecified atom stereocenters. The van der Waals surface area contributed by atoms with Crippen molar-refractivity contribution in [2.45, 2.75) is 0 Å². The average molecular weight is 236 g/mol. The highest BCUT2D eigenvalue weighted by molar-refractivity contribution is 6.29. The summed E-state index contributed by atoms with van der Waals surface area (Å²) in [4.78, 5) is 11.3. The first-order valence-electron chi connectivity index (χ1n) is 4.74. The number of hydrogen-bond acceptors (Lipinski definition) is 2. The first-order valence-corrected chi connectivity index (χ1v) is 5.12. The fourth-order valence-corrected chi connectivity index (χ4v) is 1.53. The largest absolute Gasteiger partial charge is 0.355 e. The minimum absolute atomic E-state index is 0.105. The van der Waals surface area contributed by atoms with E-state index in [0.717, 1.165) is 11.3 Å². The van der Waals surface area contributed by atoms with Gasteiger partial charge in [0.25, 0.3) is 5.91 Å². The van der Waals surface area contributed by atoms with Gasteiger partial charge in [-0.3, -0.25) is 9.89 Å². The van der Waals surface area contributed by atoms with Crippen molar-refractivity contribution in [1.82, 2.24) is 15.5 Å². The van der Waals surface area contributed by atoms with Crippen LogP contribution < -0.4 is 5.32 Å². The van der Waals surface area contributed by atoms with Crippen molar-refractivity contribution < 1.29 is 4.79 Å². The van der Waals surface area contributed by atoms with Crippen molar-refractivity contribution in [3.05, 3.63) is 41.0 Å². The fourth-order valence-electron chi connectivity index (χ4n) is 1.38. The molecule has 16 heavy (non-hydrogen) atoms. The molecule has 0 aliphatic heterocycles. The van der Waals surface area contributed by atoms with Crippen LogP contribution in [-0.4, -0.2) is 23.2 Å². The number of halogens is 1. The van der Waals surface area contributed by atoms with Gasteiger partial charge in [0.15, 0.2) is 0 Å². The number of amides is 1. The molecule has 2 aromatic rings. The number of benzene rings is 1. The van der Waals surface area contributed by atoms with E-state index in [9.17, 15) is 4.79 Å². The topological polar surface area (TPSA) is 57.8 Å². The zero-order valence-corrected chi connectivity index (χ0v) is 9.38. The highest BCUT2D eigenvalue weighted by atomic mass is 35.5. The second-order valence-corrected chi connectivity index (χ2v) is 3.66. The predicted molar refractivity (Wildman–Crippen MR) is 62.4 cm³/mol. The van der Waals surface area contributed by atoms with Crippen LogP contribution in [0.15, 0.2) is 30.3 Å². The van der Waals surface area contributed by atoms with E-state index in [2.05, 4.69) is 15.5 Å². The second-order valence-electron chi connectivity index (χ2n) is 3.26. The van der Waals surface area contributed by atoms with Crippen molar-refractivity contribution in [3.8, 4) is 11.3 Å². The van der Waals surface area contributed by atoms with Crippen molar-refractivity contribution >= 4 is 17.5 Å². The molecule has 0 fully saturated rings. The lowest BCUT2D eigenvalue weighted by molar-refractivity contribution is 0.0963. The molecule has 4 nitrogen and oxygen atoms in total. The molecule has 1 amide bonds. The molecule has 2 rings (SSSR count). The molecule has 2 N–H and O–H groups in total. The van der Waals surface area contributed by atoms with Gasteiger partial charge in [-0.15, -0.1) is 0 Å². The van der Waals surface area contributed by atoms with E-state index in [1.165, 1.54) is 0 Å². The second kappa shape index (κ2) is 4.37. The summed E-state index contributed by atoms with van der Waals surface area (Å²) in [6.07, 6.45) is 0. The van der Waals surface area contributed by atoms with E-state index >= 15 is 0 Å². The monoisotopic (exact) mass is 235 g/mol. The molecule has 82 valence electrons. The van der Waals surface area contributed by atoms with Crippen LogP contribution in [0, 0.1) is 0 Å². The molecule has 1 heterocycles. The summed E-state index contributed by atoms with van der Waals surface area (Å²) in [6.45, 7) is 0. The Morgan fingerprint density at radius 3 is 2.56 bits per heavy atom. The van der Waals surface area contributed by atoms with E-state index in [-0.39, 0.29) is 5.91 Å². The Hall–Kier alpha value is -1.81. The minimum Gasteiger partial charge on any atom is -0.355 e. The van der Waals surface area contributed by atoms with Crippen molar-refractivity contribution in [1.29, 1.82) is 0 Å². The van der Waals surface area contributed by atoms with Crippen LogP contribution in [0.1, 0.15) is 10.4 Å². The van der Waals surface area contributed by atoms with Gasteiger partial charge in [-0.25, -0.2) is 0 Å². The SMILES string of the molecule is CNC(=O)c1ccc(-c2cc(Cl)[nH]n2)cc1. The van der Waals surface area contributed by atoms with E-state index in [0.29, 0.717) is 10.7 Å². The van der Waals surface area contributed by atoms with Crippen molar-refractivity contribution in [3.63, 3.8) is 0 Å². The van der Waals surface area contributed by atoms with Crippen LogP contribution in [0.5, 0.6) is 0 Å². The Kier molecular flexibility index (Phi) is 2.92. The normalized spacial score (nSPS) is 10.1. The van der Waals surface area contributed by atoms with Gasteiger partial charge in [0.1, 0.15) is 5.15 Å². The van der Waals surface area contributed by atoms with Crippen LogP contribution in [0.4, 0.5) is 0 Å².